The van der Waals surface area contributed by atoms with E-state index in [1.807, 2.05) is 16.7 Å². The van der Waals surface area contributed by atoms with Crippen LogP contribution in [0.2, 0.25) is 0 Å². The van der Waals surface area contributed by atoms with Crippen molar-refractivity contribution in [3.05, 3.63) is 0 Å². The summed E-state index contributed by atoms with van der Waals surface area (Å²) in [4.78, 5) is 26.2. The van der Waals surface area contributed by atoms with Gasteiger partial charge < -0.3 is 10.2 Å². The minimum Gasteiger partial charge on any atom is -0.350 e. The summed E-state index contributed by atoms with van der Waals surface area (Å²) in [6.07, 6.45) is 9.81. The number of nitrogens with one attached hydrogen (secondary N) is 1. The van der Waals surface area contributed by atoms with Crippen LogP contribution in [0.3, 0.4) is 0 Å². The lowest BCUT2D eigenvalue weighted by atomic mass is 9.56. The largest absolute Gasteiger partial charge is 0.350 e. The second-order valence-electron chi connectivity index (χ2n) is 8.70. The molecule has 1 aliphatic heterocycles. The molecule has 4 bridgehead atoms. The van der Waals surface area contributed by atoms with Crippen molar-refractivity contribution in [1.29, 1.82) is 0 Å². The van der Waals surface area contributed by atoms with Crippen molar-refractivity contribution in [1.82, 2.24) is 10.2 Å². The van der Waals surface area contributed by atoms with E-state index in [0.29, 0.717) is 23.5 Å². The molecule has 2 amide bonds. The highest BCUT2D eigenvalue weighted by atomic mass is 32.2. The summed E-state index contributed by atoms with van der Waals surface area (Å²) in [5.41, 5.74) is 0. The van der Waals surface area contributed by atoms with Crippen LogP contribution in [0.5, 0.6) is 0 Å². The Balaban J connectivity index is 1.26. The molecule has 1 atom stereocenters. The fourth-order valence-electron chi connectivity index (χ4n) is 6.05. The average molecular weight is 351 g/mol. The maximum absolute atomic E-state index is 12.4. The maximum atomic E-state index is 12.4. The Morgan fingerprint density at radius 2 is 1.83 bits per heavy atom. The van der Waals surface area contributed by atoms with Crippen LogP contribution in [0.25, 0.3) is 0 Å². The van der Waals surface area contributed by atoms with Gasteiger partial charge in [-0.2, -0.15) is 0 Å². The van der Waals surface area contributed by atoms with Crippen molar-refractivity contribution < 1.29 is 9.59 Å². The number of likely N-dealkylation sites (tertiary alicyclic amines) is 1. The van der Waals surface area contributed by atoms with E-state index in [2.05, 4.69) is 12.2 Å². The van der Waals surface area contributed by atoms with E-state index in [4.69, 9.17) is 0 Å². The van der Waals surface area contributed by atoms with E-state index in [1.165, 1.54) is 38.5 Å². The molecule has 1 heterocycles. The van der Waals surface area contributed by atoms with Crippen molar-refractivity contribution in [2.24, 2.45) is 17.8 Å². The van der Waals surface area contributed by atoms with E-state index in [9.17, 15) is 9.59 Å². The minimum absolute atomic E-state index is 0.0218. The van der Waals surface area contributed by atoms with Crippen molar-refractivity contribution in [2.45, 2.75) is 69.1 Å². The highest BCUT2D eigenvalue weighted by molar-refractivity contribution is 8.01. The molecule has 0 aromatic heterocycles. The number of nitrogens with zero attached hydrogens (tertiary/aromatic N) is 1. The van der Waals surface area contributed by atoms with Crippen LogP contribution >= 0.6 is 11.8 Å². The van der Waals surface area contributed by atoms with Crippen LogP contribution in [0.4, 0.5) is 0 Å². The minimum atomic E-state index is 0.0218. The second-order valence-corrected chi connectivity index (χ2v) is 10.1. The van der Waals surface area contributed by atoms with Gasteiger partial charge in [-0.25, -0.2) is 0 Å². The normalized spacial score (nSPS) is 40.4. The van der Waals surface area contributed by atoms with Crippen LogP contribution in [0, 0.1) is 17.8 Å². The van der Waals surface area contributed by atoms with Crippen LogP contribution in [-0.2, 0) is 9.59 Å². The molecule has 0 spiro atoms. The third-order valence-corrected chi connectivity index (χ3v) is 8.08. The molecule has 0 aromatic rings. The van der Waals surface area contributed by atoms with E-state index in [0.717, 1.165) is 30.7 Å². The highest BCUT2D eigenvalue weighted by Crippen LogP contribution is 2.60. The lowest BCUT2D eigenvalue weighted by Crippen LogP contribution is -2.49. The van der Waals surface area contributed by atoms with E-state index >= 15 is 0 Å². The lowest BCUT2D eigenvalue weighted by Gasteiger charge is -2.56. The summed E-state index contributed by atoms with van der Waals surface area (Å²) >= 11 is 1.93. The molecule has 134 valence electrons. The molecule has 5 fully saturated rings. The Hall–Kier alpha value is -0.710. The van der Waals surface area contributed by atoms with Gasteiger partial charge in [-0.1, -0.05) is 6.92 Å². The zero-order chi connectivity index (χ0) is 16.7. The Morgan fingerprint density at radius 3 is 2.42 bits per heavy atom. The average Bonchev–Trinajstić information content (AvgIpc) is 2.84. The molecule has 0 aromatic carbocycles. The molecule has 1 saturated heterocycles. The lowest BCUT2D eigenvalue weighted by molar-refractivity contribution is -0.127. The molecule has 5 aliphatic rings. The standard InChI is InChI=1S/C19H30N2O2S/c1-2-3-21-11-16(7-18(21)23)20-17(22)12-24-19-8-13-4-14(9-19)6-15(5-13)10-19/h13-16H,2-12H2,1H3,(H,20,22). The van der Waals surface area contributed by atoms with Gasteiger partial charge in [0.1, 0.15) is 0 Å². The van der Waals surface area contributed by atoms with Gasteiger partial charge in [0.25, 0.3) is 0 Å². The van der Waals surface area contributed by atoms with Gasteiger partial charge in [0, 0.05) is 24.3 Å². The summed E-state index contributed by atoms with van der Waals surface area (Å²) in [6.45, 7) is 3.59. The van der Waals surface area contributed by atoms with Crippen LogP contribution in [-0.4, -0.2) is 46.3 Å². The molecule has 4 nitrogen and oxygen atoms in total. The van der Waals surface area contributed by atoms with Gasteiger partial charge >= 0.3 is 0 Å². The fraction of sp³-hybridized carbons (Fsp3) is 0.895. The zero-order valence-electron chi connectivity index (χ0n) is 14.8. The smallest absolute Gasteiger partial charge is 0.230 e. The Bertz CT molecular complexity index is 486. The summed E-state index contributed by atoms with van der Waals surface area (Å²) < 4.78 is 0.395. The monoisotopic (exact) mass is 350 g/mol. The van der Waals surface area contributed by atoms with Crippen molar-refractivity contribution in [3.8, 4) is 0 Å². The first-order valence-corrected chi connectivity index (χ1v) is 10.7. The number of hydrogen-bond donors (Lipinski definition) is 1. The van der Waals surface area contributed by atoms with Gasteiger partial charge in [-0.15, -0.1) is 11.8 Å². The first-order valence-electron chi connectivity index (χ1n) is 9.76. The van der Waals surface area contributed by atoms with E-state index in [-0.39, 0.29) is 17.9 Å². The number of thioether (sulfide) groups is 1. The third-order valence-electron chi connectivity index (χ3n) is 6.56. The number of rotatable bonds is 6. The molecule has 24 heavy (non-hydrogen) atoms. The van der Waals surface area contributed by atoms with Crippen molar-refractivity contribution in [2.75, 3.05) is 18.8 Å². The van der Waals surface area contributed by atoms with Crippen LogP contribution in [0.15, 0.2) is 0 Å². The van der Waals surface area contributed by atoms with E-state index < -0.39 is 0 Å². The Labute approximate surface area is 149 Å². The van der Waals surface area contributed by atoms with Crippen LogP contribution in [0.1, 0.15) is 58.3 Å². The van der Waals surface area contributed by atoms with Gasteiger partial charge in [0.2, 0.25) is 11.8 Å². The van der Waals surface area contributed by atoms with Gasteiger partial charge in [-0.05, 0) is 62.7 Å². The molecule has 4 saturated carbocycles. The Morgan fingerprint density at radius 1 is 1.21 bits per heavy atom. The zero-order valence-corrected chi connectivity index (χ0v) is 15.6. The predicted molar refractivity (Wildman–Crippen MR) is 96.8 cm³/mol. The molecule has 5 rings (SSSR count). The topological polar surface area (TPSA) is 49.4 Å². The van der Waals surface area contributed by atoms with Gasteiger partial charge in [0.15, 0.2) is 0 Å². The summed E-state index contributed by atoms with van der Waals surface area (Å²) in [7, 11) is 0. The molecule has 4 aliphatic carbocycles. The fourth-order valence-corrected chi connectivity index (χ4v) is 7.63. The van der Waals surface area contributed by atoms with Crippen molar-refractivity contribution in [3.63, 3.8) is 0 Å². The number of carbonyl (C=O) groups is 2. The molecule has 0 radical (unpaired) electrons. The van der Waals surface area contributed by atoms with Gasteiger partial charge in [0.05, 0.1) is 11.8 Å². The third kappa shape index (κ3) is 3.33. The SMILES string of the molecule is CCCN1CC(NC(=O)CSC23CC4CC(CC(C4)C2)C3)CC1=O. The first-order chi connectivity index (χ1) is 11.5. The quantitative estimate of drug-likeness (QED) is 0.801. The van der Waals surface area contributed by atoms with E-state index in [1.54, 1.807) is 0 Å². The number of amides is 2. The molecule has 1 N–H and O–H groups in total. The molecular formula is C19H30N2O2S. The number of hydrogen-bond acceptors (Lipinski definition) is 3. The Kier molecular flexibility index (Phi) is 4.57. The highest BCUT2D eigenvalue weighted by Gasteiger charge is 2.51. The van der Waals surface area contributed by atoms with Crippen LogP contribution < -0.4 is 5.32 Å². The predicted octanol–water partition coefficient (Wildman–Crippen LogP) is 2.82. The van der Waals surface area contributed by atoms with Gasteiger partial charge in [-0.3, -0.25) is 9.59 Å². The summed E-state index contributed by atoms with van der Waals surface area (Å²) in [6, 6.07) is 0.0218. The summed E-state index contributed by atoms with van der Waals surface area (Å²) in [5.74, 6) is 3.69. The summed E-state index contributed by atoms with van der Waals surface area (Å²) in [5, 5.41) is 3.11. The number of carbonyl (C=O) groups excluding carboxylic acids is 2. The molecule has 5 heteroatoms. The van der Waals surface area contributed by atoms with Crippen molar-refractivity contribution >= 4 is 23.6 Å². The second kappa shape index (κ2) is 6.54. The maximum Gasteiger partial charge on any atom is 0.230 e. The first kappa shape index (κ1) is 16.7. The molecular weight excluding hydrogens is 320 g/mol. The molecule has 1 unspecified atom stereocenters.